The van der Waals surface area contributed by atoms with Gasteiger partial charge < -0.3 is 9.80 Å². The van der Waals surface area contributed by atoms with Crippen molar-refractivity contribution in [1.29, 1.82) is 10.5 Å². The van der Waals surface area contributed by atoms with E-state index in [1.54, 1.807) is 0 Å². The first-order valence-corrected chi connectivity index (χ1v) is 19.3. The standard InChI is InChI=1S/C52H27BN4/c54-28-30-10-20-38(21-11-30)56-44-8-3-9-45-50(44)53(42-26-36-16-14-32-4-1-6-34-18-24-40(51(42)56)48(36)46(32)34)43-27-37-17-15-33-5-2-7-35-19-25-41(49(37)47(33)35)52(43)57(45)39-22-12-31(29-55)13-23-39/h1-27H. The third-order valence-electron chi connectivity index (χ3n) is 12.7. The van der Waals surface area contributed by atoms with Gasteiger partial charge in [-0.1, -0.05) is 103 Å². The summed E-state index contributed by atoms with van der Waals surface area (Å²) < 4.78 is 0. The molecule has 0 radical (unpaired) electrons. The zero-order valence-electron chi connectivity index (χ0n) is 30.5. The minimum Gasteiger partial charge on any atom is -0.311 e. The number of hydrogen-bond acceptors (Lipinski definition) is 4. The van der Waals surface area contributed by atoms with Gasteiger partial charge in [0, 0.05) is 44.9 Å². The molecular formula is C52H27BN4. The summed E-state index contributed by atoms with van der Waals surface area (Å²) >= 11 is 0. The quantitative estimate of drug-likeness (QED) is 0.132. The smallest absolute Gasteiger partial charge is 0.252 e. The fourth-order valence-electron chi connectivity index (χ4n) is 10.4. The van der Waals surface area contributed by atoms with E-state index in [1.165, 1.54) is 92.4 Å². The molecule has 11 aromatic carbocycles. The highest BCUT2D eigenvalue weighted by atomic mass is 15.2. The van der Waals surface area contributed by atoms with Gasteiger partial charge in [0.1, 0.15) is 0 Å². The van der Waals surface area contributed by atoms with Crippen LogP contribution in [0.25, 0.3) is 64.6 Å². The molecule has 0 aliphatic carbocycles. The van der Waals surface area contributed by atoms with E-state index in [0.717, 1.165) is 22.7 Å². The van der Waals surface area contributed by atoms with Gasteiger partial charge in [-0.05, 0) is 131 Å². The number of nitrogens with zero attached hydrogens (tertiary/aromatic N) is 4. The van der Waals surface area contributed by atoms with Gasteiger partial charge in [0.25, 0.3) is 6.71 Å². The maximum atomic E-state index is 9.82. The highest BCUT2D eigenvalue weighted by Crippen LogP contribution is 2.50. The van der Waals surface area contributed by atoms with Crippen LogP contribution < -0.4 is 26.2 Å². The Morgan fingerprint density at radius 2 is 0.772 bits per heavy atom. The monoisotopic (exact) mass is 718 g/mol. The minimum atomic E-state index is -0.0886. The highest BCUT2D eigenvalue weighted by Gasteiger charge is 2.45. The topological polar surface area (TPSA) is 54.1 Å². The molecular weight excluding hydrogens is 691 g/mol. The van der Waals surface area contributed by atoms with E-state index in [0.29, 0.717) is 11.1 Å². The number of anilines is 6. The lowest BCUT2D eigenvalue weighted by atomic mass is 9.33. The van der Waals surface area contributed by atoms with Crippen LogP contribution in [0.2, 0.25) is 0 Å². The van der Waals surface area contributed by atoms with E-state index in [-0.39, 0.29) is 6.71 Å². The van der Waals surface area contributed by atoms with E-state index in [1.807, 2.05) is 24.3 Å². The van der Waals surface area contributed by atoms with Crippen molar-refractivity contribution in [3.8, 4) is 12.1 Å². The number of nitriles is 2. The molecule has 5 heteroatoms. The van der Waals surface area contributed by atoms with Crippen LogP contribution in [0.5, 0.6) is 0 Å². The van der Waals surface area contributed by atoms with Crippen LogP contribution in [0.3, 0.4) is 0 Å². The van der Waals surface area contributed by atoms with Gasteiger partial charge in [-0.2, -0.15) is 10.5 Å². The molecule has 0 atom stereocenters. The van der Waals surface area contributed by atoms with Crippen LogP contribution in [0.1, 0.15) is 11.1 Å². The lowest BCUT2D eigenvalue weighted by Gasteiger charge is -2.45. The first kappa shape index (κ1) is 30.5. The molecule has 0 N–H and O–H groups in total. The lowest BCUT2D eigenvalue weighted by molar-refractivity contribution is 1.26. The van der Waals surface area contributed by atoms with Crippen molar-refractivity contribution in [2.45, 2.75) is 0 Å². The summed E-state index contributed by atoms with van der Waals surface area (Å²) in [6, 6.07) is 63.8. The predicted octanol–water partition coefficient (Wildman–Crippen LogP) is 11.3. The Bertz CT molecular complexity index is 3350. The molecule has 258 valence electrons. The summed E-state index contributed by atoms with van der Waals surface area (Å²) in [4.78, 5) is 4.87. The zero-order chi connectivity index (χ0) is 37.5. The Morgan fingerprint density at radius 1 is 0.386 bits per heavy atom. The van der Waals surface area contributed by atoms with Crippen LogP contribution in [0.15, 0.2) is 164 Å². The Balaban J connectivity index is 1.22. The fourth-order valence-corrected chi connectivity index (χ4v) is 10.4. The largest absolute Gasteiger partial charge is 0.311 e. The van der Waals surface area contributed by atoms with Crippen molar-refractivity contribution >= 4 is 122 Å². The van der Waals surface area contributed by atoms with Crippen LogP contribution in [-0.2, 0) is 0 Å². The third kappa shape index (κ3) is 3.90. The zero-order valence-corrected chi connectivity index (χ0v) is 30.5. The van der Waals surface area contributed by atoms with Crippen LogP contribution >= 0.6 is 0 Å². The first-order valence-electron chi connectivity index (χ1n) is 19.3. The summed E-state index contributed by atoms with van der Waals surface area (Å²) in [6.07, 6.45) is 0. The Hall–Kier alpha value is -7.86. The summed E-state index contributed by atoms with van der Waals surface area (Å²) in [5, 5.41) is 34.6. The van der Waals surface area contributed by atoms with Crippen molar-refractivity contribution in [2.75, 3.05) is 9.80 Å². The Morgan fingerprint density at radius 3 is 1.19 bits per heavy atom. The van der Waals surface area contributed by atoms with Gasteiger partial charge in [0.15, 0.2) is 0 Å². The second kappa shape index (κ2) is 10.9. The Kier molecular flexibility index (Phi) is 5.82. The fraction of sp³-hybridized carbons (Fsp3) is 0. The second-order valence-corrected chi connectivity index (χ2v) is 15.5. The van der Waals surface area contributed by atoms with Crippen molar-refractivity contribution < 1.29 is 0 Å². The van der Waals surface area contributed by atoms with Gasteiger partial charge in [0.2, 0.25) is 0 Å². The molecule has 0 spiro atoms. The van der Waals surface area contributed by atoms with Crippen LogP contribution in [0.4, 0.5) is 34.1 Å². The number of rotatable bonds is 2. The summed E-state index contributed by atoms with van der Waals surface area (Å²) in [6.45, 7) is -0.0886. The predicted molar refractivity (Wildman–Crippen MR) is 237 cm³/mol. The average molecular weight is 719 g/mol. The number of hydrogen-bond donors (Lipinski definition) is 0. The van der Waals surface area contributed by atoms with E-state index in [2.05, 4.69) is 161 Å². The molecule has 13 rings (SSSR count). The number of benzene rings is 11. The normalized spacial score (nSPS) is 13.1. The molecule has 0 unspecified atom stereocenters. The van der Waals surface area contributed by atoms with Crippen molar-refractivity contribution in [3.63, 3.8) is 0 Å². The van der Waals surface area contributed by atoms with Crippen molar-refractivity contribution in [3.05, 3.63) is 175 Å². The Labute approximate surface area is 328 Å². The first-order chi connectivity index (χ1) is 28.2. The highest BCUT2D eigenvalue weighted by molar-refractivity contribution is 7.01. The molecule has 4 nitrogen and oxygen atoms in total. The van der Waals surface area contributed by atoms with E-state index in [9.17, 15) is 10.5 Å². The molecule has 0 amide bonds. The van der Waals surface area contributed by atoms with Gasteiger partial charge in [0.05, 0.1) is 23.3 Å². The molecule has 0 fully saturated rings. The van der Waals surface area contributed by atoms with Crippen molar-refractivity contribution in [2.24, 2.45) is 0 Å². The molecule has 57 heavy (non-hydrogen) atoms. The molecule has 2 aliphatic heterocycles. The maximum Gasteiger partial charge on any atom is 0.252 e. The molecule has 0 bridgehead atoms. The minimum absolute atomic E-state index is 0.0886. The van der Waals surface area contributed by atoms with Crippen molar-refractivity contribution in [1.82, 2.24) is 0 Å². The molecule has 0 saturated heterocycles. The van der Waals surface area contributed by atoms with Crippen LogP contribution in [-0.4, -0.2) is 6.71 Å². The van der Waals surface area contributed by atoms with Gasteiger partial charge in [-0.15, -0.1) is 0 Å². The van der Waals surface area contributed by atoms with E-state index >= 15 is 0 Å². The summed E-state index contributed by atoms with van der Waals surface area (Å²) in [5.74, 6) is 0. The van der Waals surface area contributed by atoms with Gasteiger partial charge in [-0.3, -0.25) is 0 Å². The molecule has 0 saturated carbocycles. The SMILES string of the molecule is N#Cc1ccc(N2c3cccc4c3B(c3cc5ccc6cccc7ccc(c32)c5c67)c2cc3ccc5cccc6ccc(c2N4c2ccc(C#N)cc2)c3c56)cc1. The third-order valence-corrected chi connectivity index (χ3v) is 12.7. The van der Waals surface area contributed by atoms with Gasteiger partial charge >= 0.3 is 0 Å². The molecule has 2 heterocycles. The van der Waals surface area contributed by atoms with Crippen LogP contribution in [0, 0.1) is 22.7 Å². The second-order valence-electron chi connectivity index (χ2n) is 15.5. The van der Waals surface area contributed by atoms with Gasteiger partial charge in [-0.25, -0.2) is 0 Å². The molecule has 2 aliphatic rings. The molecule has 0 aromatic heterocycles. The number of fused-ring (bicyclic) bond motifs is 6. The summed E-state index contributed by atoms with van der Waals surface area (Å²) in [7, 11) is 0. The van der Waals surface area contributed by atoms with E-state index < -0.39 is 0 Å². The lowest BCUT2D eigenvalue weighted by Crippen LogP contribution is -2.61. The van der Waals surface area contributed by atoms with E-state index in [4.69, 9.17) is 0 Å². The molecule has 11 aromatic rings. The average Bonchev–Trinajstić information content (AvgIpc) is 3.27. The summed E-state index contributed by atoms with van der Waals surface area (Å²) in [5.41, 5.74) is 11.6. The maximum absolute atomic E-state index is 9.82.